The summed E-state index contributed by atoms with van der Waals surface area (Å²) in [6, 6.07) is 10.1. The Labute approximate surface area is 197 Å². The summed E-state index contributed by atoms with van der Waals surface area (Å²) in [5.74, 6) is -0.141. The van der Waals surface area contributed by atoms with Gasteiger partial charge >= 0.3 is 6.18 Å². The number of carbonyl (C=O) groups excluding carboxylic acids is 1. The summed E-state index contributed by atoms with van der Waals surface area (Å²) in [4.78, 5) is 17.1. The van der Waals surface area contributed by atoms with Crippen LogP contribution in [0.2, 0.25) is 5.02 Å². The number of hydrogen-bond donors (Lipinski definition) is 1. The van der Waals surface area contributed by atoms with E-state index in [4.69, 9.17) is 11.6 Å². The Kier molecular flexibility index (Phi) is 5.55. The fraction of sp³-hybridized carbons (Fsp3) is 0.304. The van der Waals surface area contributed by atoms with E-state index in [-0.39, 0.29) is 29.2 Å². The number of benzene rings is 1. The molecule has 5 rings (SSSR count). The van der Waals surface area contributed by atoms with Gasteiger partial charge in [-0.1, -0.05) is 29.8 Å². The predicted octanol–water partition coefficient (Wildman–Crippen LogP) is 5.17. The first-order valence-corrected chi connectivity index (χ1v) is 11.1. The van der Waals surface area contributed by atoms with E-state index in [1.807, 2.05) is 18.2 Å². The van der Waals surface area contributed by atoms with Crippen molar-refractivity contribution in [2.24, 2.45) is 0 Å². The Morgan fingerprint density at radius 1 is 1.21 bits per heavy atom. The van der Waals surface area contributed by atoms with E-state index in [1.54, 1.807) is 23.0 Å². The molecule has 7 nitrogen and oxygen atoms in total. The fourth-order valence-electron chi connectivity index (χ4n) is 3.93. The van der Waals surface area contributed by atoms with Gasteiger partial charge in [-0.05, 0) is 37.5 Å². The first-order chi connectivity index (χ1) is 16.2. The molecule has 34 heavy (non-hydrogen) atoms. The van der Waals surface area contributed by atoms with Gasteiger partial charge in [-0.3, -0.25) is 9.48 Å². The van der Waals surface area contributed by atoms with E-state index in [1.165, 1.54) is 11.6 Å². The van der Waals surface area contributed by atoms with Gasteiger partial charge in [-0.2, -0.15) is 23.4 Å². The highest BCUT2D eigenvalue weighted by molar-refractivity contribution is 6.31. The molecule has 1 aliphatic carbocycles. The van der Waals surface area contributed by atoms with Crippen molar-refractivity contribution in [1.82, 2.24) is 24.5 Å². The van der Waals surface area contributed by atoms with Crippen LogP contribution in [0.1, 0.15) is 41.3 Å². The van der Waals surface area contributed by atoms with Crippen LogP contribution >= 0.6 is 11.6 Å². The smallest absolute Gasteiger partial charge is 0.308 e. The number of anilines is 1. The molecule has 0 bridgehead atoms. The van der Waals surface area contributed by atoms with E-state index < -0.39 is 17.6 Å². The van der Waals surface area contributed by atoms with Gasteiger partial charge in [0.1, 0.15) is 6.54 Å². The molecule has 3 heterocycles. The lowest BCUT2D eigenvalue weighted by molar-refractivity contribution is -0.136. The molecule has 0 saturated heterocycles. The minimum atomic E-state index is -4.54. The Morgan fingerprint density at radius 3 is 2.68 bits per heavy atom. The number of halogens is 4. The number of fused-ring (bicyclic) bond motifs is 1. The maximum atomic E-state index is 13.7. The van der Waals surface area contributed by atoms with Crippen LogP contribution in [0.5, 0.6) is 0 Å². The van der Waals surface area contributed by atoms with Crippen molar-refractivity contribution < 1.29 is 18.0 Å². The number of alkyl halides is 3. The molecule has 1 fully saturated rings. The molecule has 0 atom stereocenters. The van der Waals surface area contributed by atoms with Crippen molar-refractivity contribution >= 4 is 34.4 Å². The predicted molar refractivity (Wildman–Crippen MR) is 121 cm³/mol. The Bertz CT molecular complexity index is 1390. The number of hydrogen-bond acceptors (Lipinski definition) is 4. The van der Waals surface area contributed by atoms with Crippen LogP contribution in [0.25, 0.3) is 11.0 Å². The number of nitrogens with one attached hydrogen (secondary N) is 1. The number of pyridine rings is 1. The first-order valence-electron chi connectivity index (χ1n) is 10.7. The van der Waals surface area contributed by atoms with Crippen LogP contribution in [-0.2, 0) is 24.1 Å². The van der Waals surface area contributed by atoms with Crippen molar-refractivity contribution in [3.8, 4) is 0 Å². The quantitative estimate of drug-likeness (QED) is 0.406. The summed E-state index contributed by atoms with van der Waals surface area (Å²) < 4.78 is 44.1. The lowest BCUT2D eigenvalue weighted by atomic mass is 10.1. The average molecular weight is 489 g/mol. The molecule has 1 amide bonds. The monoisotopic (exact) mass is 488 g/mol. The van der Waals surface area contributed by atoms with E-state index in [9.17, 15) is 18.0 Å². The Balaban J connectivity index is 1.37. The van der Waals surface area contributed by atoms with E-state index in [0.29, 0.717) is 23.1 Å². The number of aromatic nitrogens is 5. The minimum absolute atomic E-state index is 0.0186. The molecule has 0 spiro atoms. The highest BCUT2D eigenvalue weighted by atomic mass is 35.5. The van der Waals surface area contributed by atoms with Gasteiger partial charge in [0.05, 0.1) is 23.2 Å². The molecule has 3 aromatic heterocycles. The average Bonchev–Trinajstić information content (AvgIpc) is 3.47. The maximum Gasteiger partial charge on any atom is 0.417 e. The molecular weight excluding hydrogens is 469 g/mol. The van der Waals surface area contributed by atoms with Crippen molar-refractivity contribution in [2.45, 2.75) is 44.9 Å². The topological polar surface area (TPSA) is 77.6 Å². The van der Waals surface area contributed by atoms with Crippen molar-refractivity contribution in [1.29, 1.82) is 0 Å². The molecule has 0 radical (unpaired) electrons. The third kappa shape index (κ3) is 4.50. The third-order valence-corrected chi connectivity index (χ3v) is 6.06. The number of amides is 1. The second-order valence-electron chi connectivity index (χ2n) is 8.35. The standard InChI is InChI=1S/C23H20ClF3N6O/c1-13-21-16(23(25,26)27)10-18(14-6-7-14)28-22(21)33(30-13)12-20(34)29-19-8-9-32(31-19)11-15-4-2-3-5-17(15)24/h2-5,8-10,14H,6-7,11-12H2,1H3,(H,29,31,34). The van der Waals surface area contributed by atoms with E-state index in [2.05, 4.69) is 20.5 Å². The highest BCUT2D eigenvalue weighted by Crippen LogP contribution is 2.43. The van der Waals surface area contributed by atoms with Gasteiger partial charge in [-0.25, -0.2) is 9.67 Å². The van der Waals surface area contributed by atoms with Gasteiger partial charge in [0.2, 0.25) is 5.91 Å². The molecule has 176 valence electrons. The molecule has 0 aliphatic heterocycles. The zero-order valence-corrected chi connectivity index (χ0v) is 18.9. The summed E-state index contributed by atoms with van der Waals surface area (Å²) in [6.45, 7) is 1.62. The van der Waals surface area contributed by atoms with Gasteiger partial charge in [-0.15, -0.1) is 0 Å². The lowest BCUT2D eigenvalue weighted by Crippen LogP contribution is -2.20. The van der Waals surface area contributed by atoms with Crippen molar-refractivity contribution in [3.63, 3.8) is 0 Å². The van der Waals surface area contributed by atoms with Gasteiger partial charge in [0, 0.05) is 28.9 Å². The summed E-state index contributed by atoms with van der Waals surface area (Å²) >= 11 is 6.18. The molecule has 4 aromatic rings. The summed E-state index contributed by atoms with van der Waals surface area (Å²) in [5.41, 5.74) is 0.742. The fourth-order valence-corrected chi connectivity index (χ4v) is 4.13. The van der Waals surface area contributed by atoms with Gasteiger partial charge in [0.15, 0.2) is 11.5 Å². The van der Waals surface area contributed by atoms with Crippen LogP contribution in [0.4, 0.5) is 19.0 Å². The normalized spacial score (nSPS) is 14.0. The number of rotatable bonds is 6. The second-order valence-corrected chi connectivity index (χ2v) is 8.75. The maximum absolute atomic E-state index is 13.7. The largest absolute Gasteiger partial charge is 0.417 e. The number of aryl methyl sites for hydroxylation is 1. The molecular formula is C23H20ClF3N6O. The summed E-state index contributed by atoms with van der Waals surface area (Å²) in [6.07, 6.45) is -1.23. The zero-order valence-electron chi connectivity index (χ0n) is 18.1. The summed E-state index contributed by atoms with van der Waals surface area (Å²) in [5, 5.41) is 11.7. The van der Waals surface area contributed by atoms with E-state index in [0.717, 1.165) is 24.5 Å². The van der Waals surface area contributed by atoms with Crippen molar-refractivity contribution in [3.05, 3.63) is 70.1 Å². The molecule has 1 aliphatic rings. The molecule has 1 N–H and O–H groups in total. The van der Waals surface area contributed by atoms with Crippen LogP contribution in [-0.4, -0.2) is 30.5 Å². The lowest BCUT2D eigenvalue weighted by Gasteiger charge is -2.11. The van der Waals surface area contributed by atoms with Crippen molar-refractivity contribution in [2.75, 3.05) is 5.32 Å². The zero-order chi connectivity index (χ0) is 24.0. The SMILES string of the molecule is Cc1nn(CC(=O)Nc2ccn(Cc3ccccc3Cl)n2)c2nc(C3CC3)cc(C(F)(F)F)c12. The van der Waals surface area contributed by atoms with Crippen LogP contribution in [0, 0.1) is 6.92 Å². The Hall–Kier alpha value is -3.40. The molecule has 11 heteroatoms. The van der Waals surface area contributed by atoms with Gasteiger partial charge in [0.25, 0.3) is 0 Å². The van der Waals surface area contributed by atoms with Crippen LogP contribution in [0.3, 0.4) is 0 Å². The Morgan fingerprint density at radius 2 is 1.97 bits per heavy atom. The highest BCUT2D eigenvalue weighted by Gasteiger charge is 2.37. The van der Waals surface area contributed by atoms with Gasteiger partial charge < -0.3 is 5.32 Å². The minimum Gasteiger partial charge on any atom is -0.308 e. The molecule has 0 unspecified atom stereocenters. The van der Waals surface area contributed by atoms with E-state index >= 15 is 0 Å². The first kappa shape index (κ1) is 22.4. The molecule has 1 aromatic carbocycles. The summed E-state index contributed by atoms with van der Waals surface area (Å²) in [7, 11) is 0. The third-order valence-electron chi connectivity index (χ3n) is 5.69. The second kappa shape index (κ2) is 8.43. The molecule has 1 saturated carbocycles. The number of nitrogens with zero attached hydrogens (tertiary/aromatic N) is 5. The van der Waals surface area contributed by atoms with Crippen LogP contribution in [0.15, 0.2) is 42.6 Å². The number of carbonyl (C=O) groups is 1. The van der Waals surface area contributed by atoms with Crippen LogP contribution < -0.4 is 5.32 Å².